The summed E-state index contributed by atoms with van der Waals surface area (Å²) in [5.41, 5.74) is 1.63. The van der Waals surface area contributed by atoms with Crippen LogP contribution in [0.2, 0.25) is 0 Å². The van der Waals surface area contributed by atoms with Gasteiger partial charge in [0.1, 0.15) is 0 Å². The van der Waals surface area contributed by atoms with E-state index in [1.807, 2.05) is 0 Å². The van der Waals surface area contributed by atoms with E-state index in [-0.39, 0.29) is 21.1 Å². The number of nitrogens with zero attached hydrogens (tertiary/aromatic N) is 2. The van der Waals surface area contributed by atoms with Crippen LogP contribution in [0.5, 0.6) is 0 Å². The van der Waals surface area contributed by atoms with Crippen molar-refractivity contribution < 1.29 is 9.85 Å². The maximum atomic E-state index is 11.5. The van der Waals surface area contributed by atoms with Crippen LogP contribution in [0.3, 0.4) is 0 Å². The van der Waals surface area contributed by atoms with Gasteiger partial charge in [-0.1, -0.05) is 56.1 Å². The summed E-state index contributed by atoms with van der Waals surface area (Å²) in [6.45, 7) is 0. The Morgan fingerprint density at radius 3 is 1.28 bits per heavy atom. The van der Waals surface area contributed by atoms with Crippen LogP contribution in [0, 0.1) is 20.2 Å². The van der Waals surface area contributed by atoms with Crippen molar-refractivity contribution in [3.63, 3.8) is 0 Å². The number of nitro groups is 2. The first-order valence-electron chi connectivity index (χ1n) is 6.86. The minimum absolute atomic E-state index is 0.244. The second-order valence-corrected chi connectivity index (χ2v) is 7.80. The number of hydrogen-bond donors (Lipinski definition) is 0. The highest BCUT2D eigenvalue weighted by atomic mass is 79.9. The fraction of sp³-hybridized carbons (Fsp3) is 0. The third-order valence-electron chi connectivity index (χ3n) is 3.47. The summed E-state index contributed by atoms with van der Waals surface area (Å²) in [7, 11) is 0. The molecule has 0 aliphatic heterocycles. The first-order chi connectivity index (χ1) is 11.9. The number of benzene rings is 2. The van der Waals surface area contributed by atoms with Crippen LogP contribution in [-0.2, 0) is 0 Å². The summed E-state index contributed by atoms with van der Waals surface area (Å²) in [4.78, 5) is 21.9. The van der Waals surface area contributed by atoms with Gasteiger partial charge >= 0.3 is 10.0 Å². The topological polar surface area (TPSA) is 86.3 Å². The minimum Gasteiger partial charge on any atom is -0.258 e. The van der Waals surface area contributed by atoms with Crippen LogP contribution >= 0.6 is 43.2 Å². The van der Waals surface area contributed by atoms with Crippen molar-refractivity contribution in [1.29, 1.82) is 0 Å². The van der Waals surface area contributed by atoms with Crippen molar-refractivity contribution in [3.8, 4) is 22.3 Å². The van der Waals surface area contributed by atoms with Crippen LogP contribution in [-0.4, -0.2) is 9.85 Å². The highest BCUT2D eigenvalue weighted by molar-refractivity contribution is 9.10. The molecule has 6 nitrogen and oxygen atoms in total. The molecule has 25 heavy (non-hydrogen) atoms. The smallest absolute Gasteiger partial charge is 0.258 e. The van der Waals surface area contributed by atoms with Crippen LogP contribution < -0.4 is 0 Å². The van der Waals surface area contributed by atoms with Crippen molar-refractivity contribution in [2.24, 2.45) is 0 Å². The van der Waals surface area contributed by atoms with Gasteiger partial charge < -0.3 is 0 Å². The molecule has 0 fully saturated rings. The Bertz CT molecular complexity index is 891. The van der Waals surface area contributed by atoms with E-state index in [0.29, 0.717) is 22.5 Å². The molecule has 126 valence electrons. The number of rotatable bonds is 4. The lowest BCUT2D eigenvalue weighted by atomic mass is 9.97. The average Bonchev–Trinajstić information content (AvgIpc) is 2.97. The fourth-order valence-corrected chi connectivity index (χ4v) is 3.94. The second-order valence-electron chi connectivity index (χ2n) is 4.99. The highest BCUT2D eigenvalue weighted by Gasteiger charge is 2.34. The van der Waals surface area contributed by atoms with Crippen molar-refractivity contribution in [1.82, 2.24) is 0 Å². The largest absolute Gasteiger partial charge is 0.338 e. The van der Waals surface area contributed by atoms with Gasteiger partial charge in [-0.3, -0.25) is 20.2 Å². The molecule has 0 bridgehead atoms. The van der Waals surface area contributed by atoms with E-state index in [1.54, 1.807) is 48.5 Å². The predicted molar refractivity (Wildman–Crippen MR) is 104 cm³/mol. The maximum Gasteiger partial charge on any atom is 0.338 e. The van der Waals surface area contributed by atoms with E-state index < -0.39 is 9.85 Å². The number of halogens is 2. The van der Waals surface area contributed by atoms with E-state index in [2.05, 4.69) is 31.9 Å². The first-order valence-corrected chi connectivity index (χ1v) is 9.26. The molecule has 1 aromatic heterocycles. The van der Waals surface area contributed by atoms with E-state index in [1.165, 1.54) is 0 Å². The van der Waals surface area contributed by atoms with Gasteiger partial charge in [0, 0.05) is 20.3 Å². The van der Waals surface area contributed by atoms with Gasteiger partial charge in [-0.05, 0) is 35.4 Å². The SMILES string of the molecule is O=[N+]([O-])c1sc([N+](=O)[O-])c(-c2ccc(Br)cc2)c1-c1ccc(Br)cc1. The first kappa shape index (κ1) is 17.7. The molecular formula is C16H8Br2N2O4S. The Morgan fingerprint density at radius 1 is 0.680 bits per heavy atom. The lowest BCUT2D eigenvalue weighted by Crippen LogP contribution is -1.90. The summed E-state index contributed by atoms with van der Waals surface area (Å²) in [6.07, 6.45) is 0. The number of hydrogen-bond acceptors (Lipinski definition) is 5. The fourth-order valence-electron chi connectivity index (χ4n) is 2.43. The van der Waals surface area contributed by atoms with Gasteiger partial charge in [-0.25, -0.2) is 0 Å². The van der Waals surface area contributed by atoms with Crippen molar-refractivity contribution in [3.05, 3.63) is 77.7 Å². The molecular weight excluding hydrogens is 476 g/mol. The lowest BCUT2D eigenvalue weighted by molar-refractivity contribution is -0.382. The zero-order valence-corrected chi connectivity index (χ0v) is 16.3. The molecule has 0 atom stereocenters. The zero-order valence-electron chi connectivity index (χ0n) is 12.3. The van der Waals surface area contributed by atoms with E-state index in [0.717, 1.165) is 8.95 Å². The molecule has 0 aliphatic carbocycles. The molecule has 0 aliphatic rings. The summed E-state index contributed by atoms with van der Waals surface area (Å²) in [5, 5.41) is 22.5. The second kappa shape index (κ2) is 7.03. The third kappa shape index (κ3) is 3.48. The Morgan fingerprint density at radius 2 is 1.00 bits per heavy atom. The lowest BCUT2D eigenvalue weighted by Gasteiger charge is -2.05. The Hall–Kier alpha value is -2.10. The van der Waals surface area contributed by atoms with Gasteiger partial charge in [0.25, 0.3) is 0 Å². The van der Waals surface area contributed by atoms with Crippen LogP contribution in [0.1, 0.15) is 0 Å². The molecule has 0 saturated heterocycles. The van der Waals surface area contributed by atoms with Gasteiger partial charge in [0.2, 0.25) is 0 Å². The molecule has 2 aromatic carbocycles. The molecule has 3 aromatic rings. The Balaban J connectivity index is 2.37. The summed E-state index contributed by atoms with van der Waals surface area (Å²) >= 11 is 7.22. The molecule has 3 rings (SSSR count). The molecule has 0 N–H and O–H groups in total. The maximum absolute atomic E-state index is 11.5. The molecule has 0 radical (unpaired) electrons. The Labute approximate surface area is 162 Å². The van der Waals surface area contributed by atoms with E-state index >= 15 is 0 Å². The summed E-state index contributed by atoms with van der Waals surface area (Å²) in [6, 6.07) is 13.8. The van der Waals surface area contributed by atoms with Crippen LogP contribution in [0.4, 0.5) is 10.0 Å². The monoisotopic (exact) mass is 482 g/mol. The molecule has 0 unspecified atom stereocenters. The normalized spacial score (nSPS) is 10.6. The average molecular weight is 484 g/mol. The highest BCUT2D eigenvalue weighted by Crippen LogP contribution is 2.51. The predicted octanol–water partition coefficient (Wildman–Crippen LogP) is 6.42. The molecule has 9 heteroatoms. The van der Waals surface area contributed by atoms with Gasteiger partial charge in [-0.15, -0.1) is 0 Å². The standard InChI is InChI=1S/C16H8Br2N2O4S/c17-11-5-1-9(2-6-11)13-14(10-3-7-12(18)8-4-10)16(20(23)24)25-15(13)19(21)22/h1-8H. The van der Waals surface area contributed by atoms with E-state index in [4.69, 9.17) is 0 Å². The van der Waals surface area contributed by atoms with Crippen molar-refractivity contribution in [2.45, 2.75) is 0 Å². The zero-order chi connectivity index (χ0) is 18.1. The minimum atomic E-state index is -0.572. The quantitative estimate of drug-likeness (QED) is 0.316. The van der Waals surface area contributed by atoms with E-state index in [9.17, 15) is 20.2 Å². The third-order valence-corrected chi connectivity index (χ3v) is 5.62. The van der Waals surface area contributed by atoms with Gasteiger partial charge in [0.15, 0.2) is 0 Å². The molecule has 0 saturated carbocycles. The Kier molecular flexibility index (Phi) is 4.98. The van der Waals surface area contributed by atoms with Gasteiger partial charge in [-0.2, -0.15) is 0 Å². The molecule has 0 spiro atoms. The van der Waals surface area contributed by atoms with Crippen LogP contribution in [0.25, 0.3) is 22.3 Å². The molecule has 1 heterocycles. The van der Waals surface area contributed by atoms with Crippen molar-refractivity contribution in [2.75, 3.05) is 0 Å². The number of thiophene rings is 1. The summed E-state index contributed by atoms with van der Waals surface area (Å²) < 4.78 is 1.63. The van der Waals surface area contributed by atoms with Crippen molar-refractivity contribution >= 4 is 53.2 Å². The van der Waals surface area contributed by atoms with Crippen LogP contribution in [0.15, 0.2) is 57.5 Å². The molecule has 0 amide bonds. The van der Waals surface area contributed by atoms with Gasteiger partial charge in [0.05, 0.1) is 21.0 Å². The summed E-state index contributed by atoms with van der Waals surface area (Å²) in [5.74, 6) is 0.